The van der Waals surface area contributed by atoms with E-state index in [4.69, 9.17) is 0 Å². The Morgan fingerprint density at radius 2 is 1.95 bits per heavy atom. The highest BCUT2D eigenvalue weighted by Gasteiger charge is 2.37. The van der Waals surface area contributed by atoms with Gasteiger partial charge in [0.05, 0.1) is 0 Å². The first kappa shape index (κ1) is 15.6. The van der Waals surface area contributed by atoms with E-state index < -0.39 is 0 Å². The molecule has 0 bridgehead atoms. The molecule has 1 aromatic carbocycles. The predicted molar refractivity (Wildman–Crippen MR) is 87.1 cm³/mol. The standard InChI is InChI=1S/C17H24BrNO/c1-17(2,3)15-9-16(20)19(12-15)11-14(10-18)13-7-5-4-6-8-13/h4-8,14-15H,9-12H2,1-3H3. The van der Waals surface area contributed by atoms with Crippen LogP contribution >= 0.6 is 15.9 Å². The summed E-state index contributed by atoms with van der Waals surface area (Å²) in [4.78, 5) is 14.3. The van der Waals surface area contributed by atoms with Crippen molar-refractivity contribution in [2.24, 2.45) is 11.3 Å². The summed E-state index contributed by atoms with van der Waals surface area (Å²) in [6.07, 6.45) is 0.702. The molecule has 110 valence electrons. The number of rotatable bonds is 4. The molecule has 0 aliphatic carbocycles. The lowest BCUT2D eigenvalue weighted by atomic mass is 9.80. The number of alkyl halides is 1. The van der Waals surface area contributed by atoms with E-state index in [0.29, 0.717) is 24.2 Å². The van der Waals surface area contributed by atoms with Gasteiger partial charge in [-0.15, -0.1) is 0 Å². The second kappa shape index (κ2) is 6.30. The van der Waals surface area contributed by atoms with Crippen LogP contribution in [0.15, 0.2) is 30.3 Å². The van der Waals surface area contributed by atoms with Crippen molar-refractivity contribution in [2.45, 2.75) is 33.1 Å². The van der Waals surface area contributed by atoms with E-state index in [2.05, 4.69) is 65.9 Å². The summed E-state index contributed by atoms with van der Waals surface area (Å²) in [5.41, 5.74) is 1.51. The molecule has 1 aromatic rings. The van der Waals surface area contributed by atoms with Gasteiger partial charge in [-0.2, -0.15) is 0 Å². The third kappa shape index (κ3) is 3.63. The highest BCUT2D eigenvalue weighted by molar-refractivity contribution is 9.09. The van der Waals surface area contributed by atoms with Crippen molar-refractivity contribution < 1.29 is 4.79 Å². The van der Waals surface area contributed by atoms with Crippen LogP contribution in [-0.4, -0.2) is 29.2 Å². The first-order valence-corrected chi connectivity index (χ1v) is 8.42. The SMILES string of the molecule is CC(C)(C)C1CC(=O)N(CC(CBr)c2ccccc2)C1. The highest BCUT2D eigenvalue weighted by atomic mass is 79.9. The van der Waals surface area contributed by atoms with E-state index in [1.807, 2.05) is 6.07 Å². The molecule has 1 aliphatic heterocycles. The van der Waals surface area contributed by atoms with Crippen LogP contribution in [0.4, 0.5) is 0 Å². The summed E-state index contributed by atoms with van der Waals surface area (Å²) in [7, 11) is 0. The smallest absolute Gasteiger partial charge is 0.222 e. The summed E-state index contributed by atoms with van der Waals surface area (Å²) in [5, 5.41) is 0.890. The summed E-state index contributed by atoms with van der Waals surface area (Å²) in [6, 6.07) is 10.5. The molecule has 1 aliphatic rings. The summed E-state index contributed by atoms with van der Waals surface area (Å²) < 4.78 is 0. The zero-order chi connectivity index (χ0) is 14.8. The summed E-state index contributed by atoms with van der Waals surface area (Å²) in [5.74, 6) is 1.16. The van der Waals surface area contributed by atoms with Gasteiger partial charge < -0.3 is 4.90 Å². The maximum atomic E-state index is 12.2. The zero-order valence-electron chi connectivity index (χ0n) is 12.6. The Balaban J connectivity index is 2.04. The molecule has 1 fully saturated rings. The Morgan fingerprint density at radius 1 is 1.30 bits per heavy atom. The molecule has 20 heavy (non-hydrogen) atoms. The fraction of sp³-hybridized carbons (Fsp3) is 0.588. The van der Waals surface area contributed by atoms with E-state index >= 15 is 0 Å². The molecule has 1 heterocycles. The molecule has 0 N–H and O–H groups in total. The molecule has 0 aromatic heterocycles. The monoisotopic (exact) mass is 337 g/mol. The Hall–Kier alpha value is -0.830. The fourth-order valence-electron chi connectivity index (χ4n) is 2.76. The molecule has 2 nitrogen and oxygen atoms in total. The number of benzene rings is 1. The first-order valence-electron chi connectivity index (χ1n) is 7.30. The van der Waals surface area contributed by atoms with E-state index in [1.165, 1.54) is 5.56 Å². The van der Waals surface area contributed by atoms with Crippen LogP contribution in [0, 0.1) is 11.3 Å². The number of halogens is 1. The number of hydrogen-bond acceptors (Lipinski definition) is 1. The summed E-state index contributed by atoms with van der Waals surface area (Å²) in [6.45, 7) is 8.41. The maximum Gasteiger partial charge on any atom is 0.222 e. The molecular weight excluding hydrogens is 314 g/mol. The second-order valence-corrected chi connectivity index (χ2v) is 7.48. The molecule has 3 heteroatoms. The third-order valence-corrected chi connectivity index (χ3v) is 5.12. The Kier molecular flexibility index (Phi) is 4.90. The highest BCUT2D eigenvalue weighted by Crippen LogP contribution is 2.35. The van der Waals surface area contributed by atoms with Gasteiger partial charge in [0.25, 0.3) is 0 Å². The zero-order valence-corrected chi connectivity index (χ0v) is 14.2. The second-order valence-electron chi connectivity index (χ2n) is 6.83. The van der Waals surface area contributed by atoms with Crippen molar-refractivity contribution in [1.29, 1.82) is 0 Å². The lowest BCUT2D eigenvalue weighted by Crippen LogP contribution is -2.32. The number of hydrogen-bond donors (Lipinski definition) is 0. The van der Waals surface area contributed by atoms with E-state index in [1.54, 1.807) is 0 Å². The van der Waals surface area contributed by atoms with Gasteiger partial charge in [-0.1, -0.05) is 67.0 Å². The lowest BCUT2D eigenvalue weighted by Gasteiger charge is -2.28. The van der Waals surface area contributed by atoms with Gasteiger partial charge in [-0.3, -0.25) is 4.79 Å². The molecule has 2 atom stereocenters. The molecule has 0 spiro atoms. The van der Waals surface area contributed by atoms with Crippen molar-refractivity contribution in [3.8, 4) is 0 Å². The average molecular weight is 338 g/mol. The quantitative estimate of drug-likeness (QED) is 0.758. The van der Waals surface area contributed by atoms with Crippen molar-refractivity contribution >= 4 is 21.8 Å². The van der Waals surface area contributed by atoms with Crippen LogP contribution in [-0.2, 0) is 4.79 Å². The average Bonchev–Trinajstić information content (AvgIpc) is 2.78. The van der Waals surface area contributed by atoms with Crippen LogP contribution < -0.4 is 0 Å². The van der Waals surface area contributed by atoms with E-state index in [0.717, 1.165) is 18.4 Å². The largest absolute Gasteiger partial charge is 0.342 e. The Labute approximate surface area is 130 Å². The number of nitrogens with zero attached hydrogens (tertiary/aromatic N) is 1. The molecule has 0 saturated carbocycles. The van der Waals surface area contributed by atoms with E-state index in [-0.39, 0.29) is 5.41 Å². The molecule has 0 radical (unpaired) electrons. The van der Waals surface area contributed by atoms with Crippen LogP contribution in [0.25, 0.3) is 0 Å². The van der Waals surface area contributed by atoms with Gasteiger partial charge in [-0.05, 0) is 16.9 Å². The molecule has 1 amide bonds. The third-order valence-electron chi connectivity index (χ3n) is 4.34. The van der Waals surface area contributed by atoms with Gasteiger partial charge >= 0.3 is 0 Å². The minimum atomic E-state index is 0.209. The van der Waals surface area contributed by atoms with Gasteiger partial charge in [-0.25, -0.2) is 0 Å². The van der Waals surface area contributed by atoms with Crippen LogP contribution in [0.3, 0.4) is 0 Å². The minimum Gasteiger partial charge on any atom is -0.342 e. The normalized spacial score (nSPS) is 21.3. The van der Waals surface area contributed by atoms with Gasteiger partial charge in [0.15, 0.2) is 0 Å². The van der Waals surface area contributed by atoms with Crippen molar-refractivity contribution in [1.82, 2.24) is 4.90 Å². The molecule has 1 saturated heterocycles. The maximum absolute atomic E-state index is 12.2. The predicted octanol–water partition coefficient (Wildman–Crippen LogP) is 4.06. The van der Waals surface area contributed by atoms with Crippen LogP contribution in [0.1, 0.15) is 38.7 Å². The number of carbonyl (C=O) groups is 1. The van der Waals surface area contributed by atoms with Crippen molar-refractivity contribution in [3.05, 3.63) is 35.9 Å². The van der Waals surface area contributed by atoms with Crippen molar-refractivity contribution in [3.63, 3.8) is 0 Å². The van der Waals surface area contributed by atoms with Gasteiger partial charge in [0, 0.05) is 30.8 Å². The number of likely N-dealkylation sites (tertiary alicyclic amines) is 1. The Bertz CT molecular complexity index is 452. The van der Waals surface area contributed by atoms with Gasteiger partial charge in [0.1, 0.15) is 0 Å². The van der Waals surface area contributed by atoms with Crippen LogP contribution in [0.2, 0.25) is 0 Å². The number of carbonyl (C=O) groups excluding carboxylic acids is 1. The molecule has 2 unspecified atom stereocenters. The topological polar surface area (TPSA) is 20.3 Å². The molecular formula is C17H24BrNO. The lowest BCUT2D eigenvalue weighted by molar-refractivity contribution is -0.127. The summed E-state index contributed by atoms with van der Waals surface area (Å²) >= 11 is 3.60. The first-order chi connectivity index (χ1) is 9.41. The minimum absolute atomic E-state index is 0.209. The number of amides is 1. The van der Waals surface area contributed by atoms with Crippen LogP contribution in [0.5, 0.6) is 0 Å². The van der Waals surface area contributed by atoms with E-state index in [9.17, 15) is 4.79 Å². The van der Waals surface area contributed by atoms with Gasteiger partial charge in [0.2, 0.25) is 5.91 Å². The molecule has 2 rings (SSSR count). The van der Waals surface area contributed by atoms with Crippen molar-refractivity contribution in [2.75, 3.05) is 18.4 Å². The fourth-order valence-corrected chi connectivity index (χ4v) is 3.34. The Morgan fingerprint density at radius 3 is 2.45 bits per heavy atom.